The zero-order valence-corrected chi connectivity index (χ0v) is 11.4. The van der Waals surface area contributed by atoms with Crippen molar-refractivity contribution in [2.45, 2.75) is 24.3 Å². The third-order valence-electron chi connectivity index (χ3n) is 2.29. The van der Waals surface area contributed by atoms with Crippen LogP contribution in [0.25, 0.3) is 0 Å². The van der Waals surface area contributed by atoms with Crippen LogP contribution >= 0.6 is 23.4 Å². The van der Waals surface area contributed by atoms with Gasteiger partial charge < -0.3 is 11.1 Å². The van der Waals surface area contributed by atoms with Gasteiger partial charge in [-0.15, -0.1) is 11.8 Å². The Morgan fingerprint density at radius 2 is 2.24 bits per heavy atom. The van der Waals surface area contributed by atoms with Gasteiger partial charge in [0.15, 0.2) is 0 Å². The lowest BCUT2D eigenvalue weighted by atomic mass is 10.2. The highest BCUT2D eigenvalue weighted by Gasteiger charge is 2.13. The molecule has 3 nitrogen and oxygen atoms in total. The molecule has 94 valence electrons. The molecule has 0 heterocycles. The molecule has 0 aliphatic heterocycles. The zero-order valence-electron chi connectivity index (χ0n) is 9.78. The van der Waals surface area contributed by atoms with Crippen molar-refractivity contribution in [2.24, 2.45) is 5.73 Å². The fourth-order valence-corrected chi connectivity index (χ4v) is 2.69. The maximum Gasteiger partial charge on any atom is 0.234 e. The monoisotopic (exact) mass is 272 g/mol. The number of hydrogen-bond acceptors (Lipinski definition) is 3. The maximum atomic E-state index is 11.1. The van der Waals surface area contributed by atoms with Crippen LogP contribution in [0.1, 0.15) is 13.3 Å². The largest absolute Gasteiger partial charge is 0.368 e. The normalized spacial score (nSPS) is 12.4. The minimum atomic E-state index is -0.299. The van der Waals surface area contributed by atoms with Crippen LogP contribution in [0.5, 0.6) is 0 Å². The van der Waals surface area contributed by atoms with Crippen LogP contribution in [0.2, 0.25) is 5.02 Å². The summed E-state index contributed by atoms with van der Waals surface area (Å²) < 4.78 is 0. The van der Waals surface area contributed by atoms with Crippen molar-refractivity contribution in [3.05, 3.63) is 29.3 Å². The Kier molecular flexibility index (Phi) is 6.40. The van der Waals surface area contributed by atoms with Crippen molar-refractivity contribution in [1.29, 1.82) is 0 Å². The second kappa shape index (κ2) is 7.58. The second-order valence-electron chi connectivity index (χ2n) is 3.58. The van der Waals surface area contributed by atoms with Crippen LogP contribution in [0.4, 0.5) is 0 Å². The molecule has 0 spiro atoms. The summed E-state index contributed by atoms with van der Waals surface area (Å²) in [6.45, 7) is 2.70. The number of halogens is 1. The van der Waals surface area contributed by atoms with Crippen LogP contribution in [0.15, 0.2) is 29.2 Å². The third-order valence-corrected chi connectivity index (χ3v) is 3.84. The Balaban J connectivity index is 2.41. The number of nitrogens with one attached hydrogen (secondary N) is 1. The number of benzene rings is 1. The highest BCUT2D eigenvalue weighted by molar-refractivity contribution is 7.99. The van der Waals surface area contributed by atoms with E-state index < -0.39 is 0 Å². The first-order valence-corrected chi connectivity index (χ1v) is 6.91. The van der Waals surface area contributed by atoms with E-state index in [-0.39, 0.29) is 11.9 Å². The van der Waals surface area contributed by atoms with E-state index in [9.17, 15) is 4.79 Å². The van der Waals surface area contributed by atoms with Gasteiger partial charge in [-0.05, 0) is 25.1 Å². The predicted octanol–water partition coefficient (Wildman–Crippen LogP) is 2.29. The average Bonchev–Trinajstić information content (AvgIpc) is 2.30. The molecule has 0 aliphatic rings. The summed E-state index contributed by atoms with van der Waals surface area (Å²) in [5, 5.41) is 3.81. The summed E-state index contributed by atoms with van der Waals surface area (Å²) in [5.74, 6) is 0.510. The highest BCUT2D eigenvalue weighted by atomic mass is 35.5. The highest BCUT2D eigenvalue weighted by Crippen LogP contribution is 2.27. The second-order valence-corrected chi connectivity index (χ2v) is 5.12. The molecule has 1 aromatic rings. The summed E-state index contributed by atoms with van der Waals surface area (Å²) in [5.41, 5.74) is 5.30. The van der Waals surface area contributed by atoms with Gasteiger partial charge in [0.1, 0.15) is 0 Å². The molecule has 0 saturated carbocycles. The Labute approximate surface area is 111 Å². The number of primary amides is 1. The van der Waals surface area contributed by atoms with Crippen molar-refractivity contribution in [1.82, 2.24) is 5.32 Å². The number of carbonyl (C=O) groups excluding carboxylic acids is 1. The van der Waals surface area contributed by atoms with Gasteiger partial charge in [-0.25, -0.2) is 0 Å². The smallest absolute Gasteiger partial charge is 0.234 e. The quantitative estimate of drug-likeness (QED) is 0.749. The van der Waals surface area contributed by atoms with Crippen molar-refractivity contribution in [3.63, 3.8) is 0 Å². The lowest BCUT2D eigenvalue weighted by molar-refractivity contribution is -0.120. The fraction of sp³-hybridized carbons (Fsp3) is 0.417. The van der Waals surface area contributed by atoms with Gasteiger partial charge in [0.2, 0.25) is 5.91 Å². The summed E-state index contributed by atoms with van der Waals surface area (Å²) in [6.07, 6.45) is 0.707. The van der Waals surface area contributed by atoms with Crippen LogP contribution in [-0.2, 0) is 4.79 Å². The van der Waals surface area contributed by atoms with Crippen molar-refractivity contribution in [3.8, 4) is 0 Å². The molecule has 0 radical (unpaired) electrons. The molecule has 3 N–H and O–H groups in total. The van der Waals surface area contributed by atoms with E-state index in [4.69, 9.17) is 17.3 Å². The maximum absolute atomic E-state index is 11.1. The molecule has 1 rings (SSSR count). The Bertz CT molecular complexity index is 373. The number of rotatable bonds is 7. The molecule has 17 heavy (non-hydrogen) atoms. The first-order valence-electron chi connectivity index (χ1n) is 5.55. The van der Waals surface area contributed by atoms with E-state index in [0.717, 1.165) is 22.2 Å². The van der Waals surface area contributed by atoms with E-state index in [2.05, 4.69) is 5.32 Å². The molecule has 5 heteroatoms. The number of likely N-dealkylation sites (N-methyl/N-ethyl adjacent to an activating group) is 1. The van der Waals surface area contributed by atoms with Crippen LogP contribution < -0.4 is 11.1 Å². The van der Waals surface area contributed by atoms with Crippen molar-refractivity contribution < 1.29 is 4.79 Å². The van der Waals surface area contributed by atoms with Crippen molar-refractivity contribution in [2.75, 3.05) is 12.3 Å². The summed E-state index contributed by atoms with van der Waals surface area (Å²) >= 11 is 7.67. The first kappa shape index (κ1) is 14.4. The number of carbonyl (C=O) groups is 1. The topological polar surface area (TPSA) is 55.1 Å². The first-order chi connectivity index (χ1) is 8.15. The Morgan fingerprint density at radius 1 is 1.53 bits per heavy atom. The van der Waals surface area contributed by atoms with Crippen molar-refractivity contribution >= 4 is 29.3 Å². The van der Waals surface area contributed by atoms with Gasteiger partial charge >= 0.3 is 0 Å². The molecule has 0 aromatic heterocycles. The van der Waals surface area contributed by atoms with E-state index in [1.54, 1.807) is 11.8 Å². The summed E-state index contributed by atoms with van der Waals surface area (Å²) in [7, 11) is 0. The molecule has 0 saturated heterocycles. The van der Waals surface area contributed by atoms with Crippen LogP contribution in [0, 0.1) is 0 Å². The van der Waals surface area contributed by atoms with E-state index >= 15 is 0 Å². The molecule has 1 atom stereocenters. The lowest BCUT2D eigenvalue weighted by Gasteiger charge is -2.13. The summed E-state index contributed by atoms with van der Waals surface area (Å²) in [6, 6.07) is 7.43. The average molecular weight is 273 g/mol. The minimum Gasteiger partial charge on any atom is -0.368 e. The molecular weight excluding hydrogens is 256 g/mol. The Hall–Kier alpha value is -0.710. The Morgan fingerprint density at radius 3 is 2.82 bits per heavy atom. The number of amides is 1. The molecule has 1 unspecified atom stereocenters. The van der Waals surface area contributed by atoms with Gasteiger partial charge in [-0.1, -0.05) is 30.7 Å². The number of nitrogens with two attached hydrogens (primary N) is 1. The number of thioether (sulfide) groups is 1. The van der Waals surface area contributed by atoms with Gasteiger partial charge in [0, 0.05) is 10.6 Å². The predicted molar refractivity (Wildman–Crippen MR) is 73.5 cm³/mol. The number of hydrogen-bond donors (Lipinski definition) is 2. The van der Waals surface area contributed by atoms with E-state index in [0.29, 0.717) is 6.42 Å². The van der Waals surface area contributed by atoms with Gasteiger partial charge in [-0.3, -0.25) is 4.79 Å². The molecule has 1 aromatic carbocycles. The van der Waals surface area contributed by atoms with Gasteiger partial charge in [0.25, 0.3) is 0 Å². The lowest BCUT2D eigenvalue weighted by Crippen LogP contribution is -2.41. The van der Waals surface area contributed by atoms with Gasteiger partial charge in [-0.2, -0.15) is 0 Å². The molecular formula is C12H17ClN2OS. The molecule has 1 amide bonds. The fourth-order valence-electron chi connectivity index (χ4n) is 1.44. The molecule has 0 bridgehead atoms. The zero-order chi connectivity index (χ0) is 12.7. The van der Waals surface area contributed by atoms with E-state index in [1.165, 1.54) is 0 Å². The van der Waals surface area contributed by atoms with Crippen LogP contribution in [0.3, 0.4) is 0 Å². The summed E-state index contributed by atoms with van der Waals surface area (Å²) in [4.78, 5) is 12.2. The minimum absolute atomic E-state index is 0.255. The molecule has 0 aliphatic carbocycles. The van der Waals surface area contributed by atoms with E-state index in [1.807, 2.05) is 31.2 Å². The third kappa shape index (κ3) is 4.98. The van der Waals surface area contributed by atoms with Crippen LogP contribution in [-0.4, -0.2) is 24.2 Å². The van der Waals surface area contributed by atoms with Gasteiger partial charge in [0.05, 0.1) is 11.1 Å². The standard InChI is InChI=1S/C12H17ClN2OS/c1-2-15-10(12(14)16)7-8-17-11-6-4-3-5-9(11)13/h3-6,10,15H,2,7-8H2,1H3,(H2,14,16). The SMILES string of the molecule is CCNC(CCSc1ccccc1Cl)C(N)=O. The molecule has 0 fully saturated rings.